The molecular weight excluding hydrogens is 395 g/mol. The second-order valence-corrected chi connectivity index (χ2v) is 7.27. The first-order chi connectivity index (χ1) is 10.5. The lowest BCUT2D eigenvalue weighted by atomic mass is 10.2. The molecule has 1 aliphatic heterocycles. The van der Waals surface area contributed by atoms with Gasteiger partial charge in [-0.15, -0.1) is 24.8 Å². The Kier molecular flexibility index (Phi) is 10.8. The first-order valence-electron chi connectivity index (χ1n) is 7.15. The van der Waals surface area contributed by atoms with E-state index in [2.05, 4.69) is 14.9 Å². The minimum absolute atomic E-state index is 0. The molecule has 136 valence electrons. The zero-order chi connectivity index (χ0) is 16.0. The molecule has 1 fully saturated rings. The van der Waals surface area contributed by atoms with Crippen molar-refractivity contribution in [2.45, 2.75) is 11.3 Å². The fourth-order valence-electron chi connectivity index (χ4n) is 2.28. The SMILES string of the molecule is Cl.Cl.N#Cc1ccc(S(=O)(=O)NCCCN2CCNCC2)cc1Cl. The van der Waals surface area contributed by atoms with Gasteiger partial charge in [0.25, 0.3) is 0 Å². The van der Waals surface area contributed by atoms with E-state index in [0.29, 0.717) is 6.54 Å². The van der Waals surface area contributed by atoms with Crippen LogP contribution in [0.2, 0.25) is 5.02 Å². The summed E-state index contributed by atoms with van der Waals surface area (Å²) in [4.78, 5) is 2.39. The third-order valence-electron chi connectivity index (χ3n) is 3.52. The number of halogens is 3. The van der Waals surface area contributed by atoms with E-state index in [1.54, 1.807) is 0 Å². The Morgan fingerprint density at radius 2 is 1.96 bits per heavy atom. The molecule has 1 saturated heterocycles. The average Bonchev–Trinajstić information content (AvgIpc) is 2.52. The minimum atomic E-state index is -3.59. The van der Waals surface area contributed by atoms with Crippen molar-refractivity contribution in [2.75, 3.05) is 39.3 Å². The molecule has 24 heavy (non-hydrogen) atoms. The van der Waals surface area contributed by atoms with E-state index < -0.39 is 10.0 Å². The summed E-state index contributed by atoms with van der Waals surface area (Å²) in [5, 5.41) is 12.2. The molecule has 1 aromatic carbocycles. The van der Waals surface area contributed by atoms with Gasteiger partial charge in [-0.3, -0.25) is 0 Å². The minimum Gasteiger partial charge on any atom is -0.314 e. The van der Waals surface area contributed by atoms with Crippen molar-refractivity contribution in [1.29, 1.82) is 5.26 Å². The third-order valence-corrected chi connectivity index (χ3v) is 5.30. The van der Waals surface area contributed by atoms with Crippen LogP contribution in [0.1, 0.15) is 12.0 Å². The summed E-state index contributed by atoms with van der Waals surface area (Å²) in [6, 6.07) is 6.02. The van der Waals surface area contributed by atoms with Crippen LogP contribution in [0.3, 0.4) is 0 Å². The summed E-state index contributed by atoms with van der Waals surface area (Å²) in [6.45, 7) is 5.21. The van der Waals surface area contributed by atoms with Gasteiger partial charge in [-0.05, 0) is 31.2 Å². The summed E-state index contributed by atoms with van der Waals surface area (Å²) in [5.41, 5.74) is 0.263. The maximum atomic E-state index is 12.2. The van der Waals surface area contributed by atoms with Gasteiger partial charge in [0, 0.05) is 32.7 Å². The molecule has 1 aliphatic rings. The highest BCUT2D eigenvalue weighted by molar-refractivity contribution is 7.89. The molecule has 0 saturated carbocycles. The molecule has 2 N–H and O–H groups in total. The zero-order valence-corrected chi connectivity index (χ0v) is 16.2. The molecule has 0 bridgehead atoms. The number of nitrogens with one attached hydrogen (secondary N) is 2. The molecule has 6 nitrogen and oxygen atoms in total. The molecule has 0 aromatic heterocycles. The fourth-order valence-corrected chi connectivity index (χ4v) is 3.67. The highest BCUT2D eigenvalue weighted by atomic mass is 35.5. The summed E-state index contributed by atoms with van der Waals surface area (Å²) in [6.07, 6.45) is 0.753. The highest BCUT2D eigenvalue weighted by Crippen LogP contribution is 2.19. The van der Waals surface area contributed by atoms with E-state index >= 15 is 0 Å². The molecule has 1 aromatic rings. The van der Waals surface area contributed by atoms with Gasteiger partial charge in [0.15, 0.2) is 0 Å². The second kappa shape index (κ2) is 11.1. The van der Waals surface area contributed by atoms with Gasteiger partial charge in [-0.25, -0.2) is 13.1 Å². The van der Waals surface area contributed by atoms with Crippen molar-refractivity contribution >= 4 is 46.4 Å². The predicted molar refractivity (Wildman–Crippen MR) is 99.8 cm³/mol. The molecule has 1 heterocycles. The normalized spacial score (nSPS) is 15.0. The monoisotopic (exact) mass is 414 g/mol. The molecular formula is C14H21Cl3N4O2S. The Labute approximate surface area is 160 Å². The predicted octanol–water partition coefficient (Wildman–Crippen LogP) is 1.63. The summed E-state index contributed by atoms with van der Waals surface area (Å²) in [5.74, 6) is 0. The lowest BCUT2D eigenvalue weighted by Gasteiger charge is -2.27. The molecule has 10 heteroatoms. The number of rotatable bonds is 6. The lowest BCUT2D eigenvalue weighted by Crippen LogP contribution is -2.44. The number of nitrogens with zero attached hydrogens (tertiary/aromatic N) is 2. The van der Waals surface area contributed by atoms with Crippen molar-refractivity contribution in [3.8, 4) is 6.07 Å². The lowest BCUT2D eigenvalue weighted by molar-refractivity contribution is 0.239. The molecule has 0 aliphatic carbocycles. The van der Waals surface area contributed by atoms with Crippen LogP contribution in [-0.4, -0.2) is 52.6 Å². The number of hydrogen-bond donors (Lipinski definition) is 2. The quantitative estimate of drug-likeness (QED) is 0.690. The molecule has 0 unspecified atom stereocenters. The van der Waals surface area contributed by atoms with Crippen LogP contribution in [0, 0.1) is 11.3 Å². The Morgan fingerprint density at radius 3 is 2.54 bits per heavy atom. The fraction of sp³-hybridized carbons (Fsp3) is 0.500. The maximum absolute atomic E-state index is 12.2. The number of piperazine rings is 1. The summed E-state index contributed by atoms with van der Waals surface area (Å²) < 4.78 is 26.9. The van der Waals surface area contributed by atoms with Crippen LogP contribution < -0.4 is 10.0 Å². The van der Waals surface area contributed by atoms with Gasteiger partial charge >= 0.3 is 0 Å². The topological polar surface area (TPSA) is 85.2 Å². The third kappa shape index (κ3) is 6.73. The highest BCUT2D eigenvalue weighted by Gasteiger charge is 2.15. The Bertz CT molecular complexity index is 658. The Morgan fingerprint density at radius 1 is 1.29 bits per heavy atom. The van der Waals surface area contributed by atoms with Crippen molar-refractivity contribution in [2.24, 2.45) is 0 Å². The van der Waals surface area contributed by atoms with E-state index in [1.165, 1.54) is 18.2 Å². The van der Waals surface area contributed by atoms with Crippen molar-refractivity contribution in [3.63, 3.8) is 0 Å². The summed E-state index contributed by atoms with van der Waals surface area (Å²) >= 11 is 5.87. The van der Waals surface area contributed by atoms with Crippen LogP contribution in [0.4, 0.5) is 0 Å². The van der Waals surface area contributed by atoms with Crippen LogP contribution in [0.5, 0.6) is 0 Å². The first kappa shape index (κ1) is 23.4. The number of sulfonamides is 1. The van der Waals surface area contributed by atoms with Crippen molar-refractivity contribution in [1.82, 2.24) is 14.9 Å². The van der Waals surface area contributed by atoms with Crippen LogP contribution >= 0.6 is 36.4 Å². The van der Waals surface area contributed by atoms with E-state index in [-0.39, 0.29) is 40.3 Å². The van der Waals surface area contributed by atoms with Crippen LogP contribution in [0.15, 0.2) is 23.1 Å². The van der Waals surface area contributed by atoms with Gasteiger partial charge in [-0.1, -0.05) is 11.6 Å². The smallest absolute Gasteiger partial charge is 0.240 e. The average molecular weight is 416 g/mol. The molecule has 2 rings (SSSR count). The Balaban J connectivity index is 0.00000264. The molecule has 0 amide bonds. The molecule has 0 atom stereocenters. The van der Waals surface area contributed by atoms with Gasteiger partial charge in [0.2, 0.25) is 10.0 Å². The maximum Gasteiger partial charge on any atom is 0.240 e. The second-order valence-electron chi connectivity index (χ2n) is 5.10. The van der Waals surface area contributed by atoms with Crippen LogP contribution in [-0.2, 0) is 10.0 Å². The number of benzene rings is 1. The first-order valence-corrected chi connectivity index (χ1v) is 9.01. The largest absolute Gasteiger partial charge is 0.314 e. The van der Waals surface area contributed by atoms with Gasteiger partial charge < -0.3 is 10.2 Å². The van der Waals surface area contributed by atoms with E-state index in [0.717, 1.165) is 39.1 Å². The van der Waals surface area contributed by atoms with Gasteiger partial charge in [0.05, 0.1) is 15.5 Å². The number of nitriles is 1. The van der Waals surface area contributed by atoms with E-state index in [9.17, 15) is 8.42 Å². The standard InChI is InChI=1S/C14H19ClN4O2S.2ClH/c15-14-10-13(3-2-12(14)11-16)22(20,21)18-4-1-7-19-8-5-17-6-9-19;;/h2-3,10,17-18H,1,4-9H2;2*1H. The molecule has 0 spiro atoms. The molecule has 0 radical (unpaired) electrons. The summed E-state index contributed by atoms with van der Waals surface area (Å²) in [7, 11) is -3.59. The van der Waals surface area contributed by atoms with Gasteiger partial charge in [-0.2, -0.15) is 5.26 Å². The van der Waals surface area contributed by atoms with Gasteiger partial charge in [0.1, 0.15) is 6.07 Å². The van der Waals surface area contributed by atoms with Crippen molar-refractivity contribution in [3.05, 3.63) is 28.8 Å². The van der Waals surface area contributed by atoms with E-state index in [4.69, 9.17) is 16.9 Å². The zero-order valence-electron chi connectivity index (χ0n) is 13.0. The Hall–Kier alpha value is -0.590. The van der Waals surface area contributed by atoms with E-state index in [1.807, 2.05) is 6.07 Å². The van der Waals surface area contributed by atoms with Crippen LogP contribution in [0.25, 0.3) is 0 Å². The van der Waals surface area contributed by atoms with Crippen molar-refractivity contribution < 1.29 is 8.42 Å². The number of hydrogen-bond acceptors (Lipinski definition) is 5.